The molecule has 3 heterocycles. The van der Waals surface area contributed by atoms with E-state index in [0.29, 0.717) is 18.2 Å². The number of likely N-dealkylation sites (tertiary alicyclic amines) is 1. The van der Waals surface area contributed by atoms with Crippen LogP contribution in [0.3, 0.4) is 0 Å². The van der Waals surface area contributed by atoms with E-state index in [2.05, 4.69) is 12.1 Å². The number of hydrogen-bond donors (Lipinski definition) is 0. The molecule has 25 heavy (non-hydrogen) atoms. The van der Waals surface area contributed by atoms with Gasteiger partial charge < -0.3 is 9.47 Å². The van der Waals surface area contributed by atoms with Crippen LogP contribution in [0.25, 0.3) is 11.1 Å². The molecule has 130 valence electrons. The molecule has 2 aliphatic heterocycles. The number of benzene rings is 1. The lowest BCUT2D eigenvalue weighted by molar-refractivity contribution is -0.131. The van der Waals surface area contributed by atoms with Gasteiger partial charge in [-0.25, -0.2) is 0 Å². The first kappa shape index (κ1) is 16.5. The average molecular weight is 354 g/mol. The van der Waals surface area contributed by atoms with Crippen molar-refractivity contribution in [2.75, 3.05) is 25.1 Å². The molecule has 5 heteroatoms. The summed E-state index contributed by atoms with van der Waals surface area (Å²) in [6.45, 7) is 2.21. The highest BCUT2D eigenvalue weighted by atomic mass is 32.2. The van der Waals surface area contributed by atoms with E-state index in [9.17, 15) is 9.59 Å². The molecule has 1 fully saturated rings. The Balaban J connectivity index is 1.77. The van der Waals surface area contributed by atoms with E-state index in [1.165, 1.54) is 0 Å². The fourth-order valence-corrected chi connectivity index (χ4v) is 4.72. The van der Waals surface area contributed by atoms with Crippen molar-refractivity contribution in [2.24, 2.45) is 5.92 Å². The van der Waals surface area contributed by atoms with E-state index in [-0.39, 0.29) is 17.4 Å². The van der Waals surface area contributed by atoms with Crippen molar-refractivity contribution in [1.82, 2.24) is 9.47 Å². The Bertz CT molecular complexity index is 847. The van der Waals surface area contributed by atoms with Crippen molar-refractivity contribution >= 4 is 17.7 Å². The number of rotatable bonds is 3. The number of thioether (sulfide) groups is 1. The van der Waals surface area contributed by atoms with E-state index in [0.717, 1.165) is 36.3 Å². The highest BCUT2D eigenvalue weighted by Gasteiger charge is 2.37. The number of amides is 1. The zero-order valence-corrected chi connectivity index (χ0v) is 15.2. The van der Waals surface area contributed by atoms with E-state index < -0.39 is 0 Å². The average Bonchev–Trinajstić information content (AvgIpc) is 2.63. The van der Waals surface area contributed by atoms with Crippen LogP contribution in [0.1, 0.15) is 18.0 Å². The molecule has 1 aromatic carbocycles. The number of aromatic nitrogens is 1. The Morgan fingerprint density at radius 3 is 2.68 bits per heavy atom. The monoisotopic (exact) mass is 354 g/mol. The van der Waals surface area contributed by atoms with E-state index >= 15 is 0 Å². The predicted molar refractivity (Wildman–Crippen MR) is 102 cm³/mol. The van der Waals surface area contributed by atoms with E-state index in [1.807, 2.05) is 40.0 Å². The third-order valence-electron chi connectivity index (χ3n) is 5.30. The van der Waals surface area contributed by atoms with Gasteiger partial charge in [-0.05, 0) is 30.2 Å². The molecule has 0 radical (unpaired) electrons. The summed E-state index contributed by atoms with van der Waals surface area (Å²) in [5, 5.41) is 0. The van der Waals surface area contributed by atoms with Crippen LogP contribution >= 0.6 is 11.8 Å². The summed E-state index contributed by atoms with van der Waals surface area (Å²) in [6, 6.07) is 13.9. The minimum Gasteiger partial charge on any atom is -0.341 e. The van der Waals surface area contributed by atoms with Gasteiger partial charge in [0.25, 0.3) is 5.56 Å². The summed E-state index contributed by atoms with van der Waals surface area (Å²) >= 11 is 1.57. The zero-order chi connectivity index (χ0) is 17.4. The van der Waals surface area contributed by atoms with Gasteiger partial charge in [0.15, 0.2) is 0 Å². The standard InChI is InChI=1S/C20H22N2O2S/c1-25-13-19(24)21-10-14-9-16(12-21)20-17(15-5-3-2-4-6-15)7-8-18(23)22(20)11-14/h2-8,14,16H,9-13H2,1H3/t14-,16+/m0/s1. The van der Waals surface area contributed by atoms with Crippen LogP contribution < -0.4 is 5.56 Å². The molecule has 2 atom stereocenters. The molecule has 1 saturated heterocycles. The number of hydrogen-bond acceptors (Lipinski definition) is 3. The fraction of sp³-hybridized carbons (Fsp3) is 0.400. The zero-order valence-electron chi connectivity index (χ0n) is 14.4. The largest absolute Gasteiger partial charge is 0.341 e. The van der Waals surface area contributed by atoms with Crippen LogP contribution in [0.15, 0.2) is 47.3 Å². The van der Waals surface area contributed by atoms with Crippen LogP contribution in [0.5, 0.6) is 0 Å². The molecule has 4 nitrogen and oxygen atoms in total. The molecule has 2 aliphatic rings. The quantitative estimate of drug-likeness (QED) is 0.851. The van der Waals surface area contributed by atoms with Gasteiger partial charge in [-0.15, -0.1) is 0 Å². The van der Waals surface area contributed by atoms with Gasteiger partial charge in [0.2, 0.25) is 5.91 Å². The minimum absolute atomic E-state index is 0.0771. The van der Waals surface area contributed by atoms with Crippen molar-refractivity contribution in [2.45, 2.75) is 18.9 Å². The molecule has 2 aromatic rings. The normalized spacial score (nSPS) is 21.7. The van der Waals surface area contributed by atoms with Gasteiger partial charge in [-0.1, -0.05) is 30.3 Å². The van der Waals surface area contributed by atoms with Crippen LogP contribution in [0, 0.1) is 5.92 Å². The Hall–Kier alpha value is -2.01. The lowest BCUT2D eigenvalue weighted by Crippen LogP contribution is -2.49. The topological polar surface area (TPSA) is 42.3 Å². The molecule has 0 N–H and O–H groups in total. The van der Waals surface area contributed by atoms with Gasteiger partial charge >= 0.3 is 0 Å². The second-order valence-corrected chi connectivity index (χ2v) is 7.84. The van der Waals surface area contributed by atoms with Gasteiger partial charge in [-0.2, -0.15) is 11.8 Å². The Morgan fingerprint density at radius 1 is 1.12 bits per heavy atom. The number of carbonyl (C=O) groups excluding carboxylic acids is 1. The number of carbonyl (C=O) groups is 1. The van der Waals surface area contributed by atoms with Crippen molar-refractivity contribution in [3.05, 3.63) is 58.5 Å². The molecule has 1 aromatic heterocycles. The first-order valence-electron chi connectivity index (χ1n) is 8.73. The maximum Gasteiger partial charge on any atom is 0.250 e. The van der Waals surface area contributed by atoms with Crippen molar-refractivity contribution < 1.29 is 4.79 Å². The summed E-state index contributed by atoms with van der Waals surface area (Å²) in [7, 11) is 0. The molecule has 0 aliphatic carbocycles. The van der Waals surface area contributed by atoms with Gasteiger partial charge in [0.05, 0.1) is 5.75 Å². The van der Waals surface area contributed by atoms with Gasteiger partial charge in [0, 0.05) is 42.9 Å². The van der Waals surface area contributed by atoms with Crippen LogP contribution in [-0.2, 0) is 11.3 Å². The molecular weight excluding hydrogens is 332 g/mol. The highest BCUT2D eigenvalue weighted by Crippen LogP contribution is 2.39. The lowest BCUT2D eigenvalue weighted by atomic mass is 9.80. The summed E-state index contributed by atoms with van der Waals surface area (Å²) in [5.41, 5.74) is 3.45. The first-order valence-corrected chi connectivity index (χ1v) is 10.1. The molecule has 2 bridgehead atoms. The molecule has 0 saturated carbocycles. The molecule has 0 unspecified atom stereocenters. The maximum absolute atomic E-state index is 12.5. The summed E-state index contributed by atoms with van der Waals surface area (Å²) in [4.78, 5) is 26.9. The Morgan fingerprint density at radius 2 is 1.92 bits per heavy atom. The third kappa shape index (κ3) is 3.01. The van der Waals surface area contributed by atoms with Gasteiger partial charge in [-0.3, -0.25) is 9.59 Å². The van der Waals surface area contributed by atoms with Gasteiger partial charge in [0.1, 0.15) is 0 Å². The lowest BCUT2D eigenvalue weighted by Gasteiger charge is -2.43. The summed E-state index contributed by atoms with van der Waals surface area (Å²) in [5.74, 6) is 1.37. The third-order valence-corrected chi connectivity index (χ3v) is 5.83. The smallest absolute Gasteiger partial charge is 0.250 e. The van der Waals surface area contributed by atoms with Crippen molar-refractivity contribution in [1.29, 1.82) is 0 Å². The van der Waals surface area contributed by atoms with E-state index in [1.54, 1.807) is 17.8 Å². The SMILES string of the molecule is CSCC(=O)N1C[C@@H]2C[C@H](C1)c1c(-c3ccccc3)ccc(=O)n1C2. The minimum atomic E-state index is 0.0771. The number of piperidine rings is 1. The fourth-order valence-electron chi connectivity index (χ4n) is 4.30. The van der Waals surface area contributed by atoms with Crippen LogP contribution in [0.2, 0.25) is 0 Å². The second-order valence-electron chi connectivity index (χ2n) is 6.98. The van der Waals surface area contributed by atoms with Crippen LogP contribution in [0.4, 0.5) is 0 Å². The molecule has 0 spiro atoms. The van der Waals surface area contributed by atoms with Crippen molar-refractivity contribution in [3.63, 3.8) is 0 Å². The number of nitrogens with zero attached hydrogens (tertiary/aromatic N) is 2. The second kappa shape index (κ2) is 6.71. The molecule has 4 rings (SSSR count). The van der Waals surface area contributed by atoms with Crippen molar-refractivity contribution in [3.8, 4) is 11.1 Å². The maximum atomic E-state index is 12.5. The highest BCUT2D eigenvalue weighted by molar-refractivity contribution is 7.99. The summed E-state index contributed by atoms with van der Waals surface area (Å²) < 4.78 is 1.96. The Kier molecular flexibility index (Phi) is 4.42. The number of fused-ring (bicyclic) bond motifs is 4. The van der Waals surface area contributed by atoms with Crippen LogP contribution in [-0.4, -0.2) is 40.5 Å². The number of pyridine rings is 1. The summed E-state index contributed by atoms with van der Waals surface area (Å²) in [6.07, 6.45) is 3.03. The molecule has 1 amide bonds. The first-order chi connectivity index (χ1) is 12.2. The predicted octanol–water partition coefficient (Wildman–Crippen LogP) is 2.82. The Labute approximate surface area is 151 Å². The molecular formula is C20H22N2O2S. The van der Waals surface area contributed by atoms with E-state index in [4.69, 9.17) is 0 Å².